The van der Waals surface area contributed by atoms with Gasteiger partial charge in [-0.3, -0.25) is 4.90 Å². The van der Waals surface area contributed by atoms with Gasteiger partial charge in [0.15, 0.2) is 23.0 Å². The summed E-state index contributed by atoms with van der Waals surface area (Å²) in [5.41, 5.74) is 7.61. The lowest BCUT2D eigenvalue weighted by Gasteiger charge is -2.36. The molecule has 212 valence electrons. The Bertz CT molecular complexity index is 1440. The average molecular weight is 556 g/mol. The van der Waals surface area contributed by atoms with Gasteiger partial charge in [0.25, 0.3) is 0 Å². The number of furan rings is 1. The molecule has 0 saturated carbocycles. The van der Waals surface area contributed by atoms with Gasteiger partial charge < -0.3 is 35.2 Å². The Morgan fingerprint density at radius 1 is 1.12 bits per heavy atom. The molecule has 40 heavy (non-hydrogen) atoms. The first kappa shape index (κ1) is 26.2. The first-order chi connectivity index (χ1) is 19.5. The number of nitrogen functional groups attached to an aromatic ring is 1. The van der Waals surface area contributed by atoms with Gasteiger partial charge >= 0.3 is 0 Å². The van der Waals surface area contributed by atoms with E-state index in [9.17, 15) is 8.78 Å². The summed E-state index contributed by atoms with van der Waals surface area (Å²) in [4.78, 5) is 13.0. The minimum Gasteiger partial charge on any atom is -0.489 e. The molecule has 1 aromatic carbocycles. The number of anilines is 3. The van der Waals surface area contributed by atoms with E-state index in [4.69, 9.17) is 19.6 Å². The van der Waals surface area contributed by atoms with Crippen LogP contribution in [0.25, 0.3) is 17.1 Å². The lowest BCUT2D eigenvalue weighted by Crippen LogP contribution is -2.48. The number of nitrogens with zero attached hydrogens (tertiary/aromatic N) is 6. The summed E-state index contributed by atoms with van der Waals surface area (Å²) in [6, 6.07) is 7.71. The lowest BCUT2D eigenvalue weighted by molar-refractivity contribution is 0.0586. The van der Waals surface area contributed by atoms with Crippen LogP contribution in [0.2, 0.25) is 0 Å². The maximum atomic E-state index is 14.7. The van der Waals surface area contributed by atoms with Crippen LogP contribution in [0.5, 0.6) is 5.75 Å². The molecule has 2 aliphatic rings. The molecule has 2 saturated heterocycles. The topological polar surface area (TPSA) is 131 Å². The third-order valence-corrected chi connectivity index (χ3v) is 6.99. The van der Waals surface area contributed by atoms with E-state index in [-0.39, 0.29) is 24.3 Å². The molecule has 0 amide bonds. The molecule has 4 N–H and O–H groups in total. The fourth-order valence-electron chi connectivity index (χ4n) is 4.86. The van der Waals surface area contributed by atoms with Crippen LogP contribution in [0, 0.1) is 11.6 Å². The number of hydrogen-bond acceptors (Lipinski definition) is 11. The van der Waals surface area contributed by atoms with Gasteiger partial charge in [-0.1, -0.05) is 0 Å². The molecule has 0 aliphatic carbocycles. The molecule has 4 aromatic rings. The molecular formula is C26H31F2N9O3. The summed E-state index contributed by atoms with van der Waals surface area (Å²) >= 11 is 0. The van der Waals surface area contributed by atoms with E-state index in [1.54, 1.807) is 18.4 Å². The summed E-state index contributed by atoms with van der Waals surface area (Å²) < 4.78 is 47.0. The minimum atomic E-state index is -0.711. The Labute approximate surface area is 229 Å². The highest BCUT2D eigenvalue weighted by atomic mass is 19.1. The maximum absolute atomic E-state index is 14.7. The molecule has 5 heterocycles. The van der Waals surface area contributed by atoms with Crippen LogP contribution in [0.1, 0.15) is 0 Å². The van der Waals surface area contributed by atoms with Gasteiger partial charge in [0.1, 0.15) is 18.1 Å². The highest BCUT2D eigenvalue weighted by molar-refractivity contribution is 5.61. The van der Waals surface area contributed by atoms with Crippen molar-refractivity contribution in [2.75, 3.05) is 81.6 Å². The van der Waals surface area contributed by atoms with Crippen molar-refractivity contribution in [1.29, 1.82) is 0 Å². The number of piperazine rings is 1. The van der Waals surface area contributed by atoms with Crippen molar-refractivity contribution >= 4 is 23.2 Å². The third kappa shape index (κ3) is 5.78. The number of nitrogens with two attached hydrogens (primary N) is 1. The molecule has 2 fully saturated rings. The van der Waals surface area contributed by atoms with Crippen LogP contribution in [-0.2, 0) is 4.74 Å². The van der Waals surface area contributed by atoms with Crippen LogP contribution >= 0.6 is 0 Å². The molecule has 12 nitrogen and oxygen atoms in total. The highest BCUT2D eigenvalue weighted by Gasteiger charge is 2.23. The van der Waals surface area contributed by atoms with Crippen molar-refractivity contribution in [3.63, 3.8) is 0 Å². The number of nitrogens with one attached hydrogen (secondary N) is 2. The second-order valence-electron chi connectivity index (χ2n) is 9.71. The predicted molar refractivity (Wildman–Crippen MR) is 145 cm³/mol. The molecule has 2 aliphatic heterocycles. The van der Waals surface area contributed by atoms with Crippen molar-refractivity contribution in [3.8, 4) is 17.2 Å². The van der Waals surface area contributed by atoms with Gasteiger partial charge in [0, 0.05) is 64.0 Å². The molecule has 1 unspecified atom stereocenters. The maximum Gasteiger partial charge on any atom is 0.228 e. The fraction of sp³-hybridized carbons (Fsp3) is 0.423. The van der Waals surface area contributed by atoms with Crippen LogP contribution < -0.4 is 26.0 Å². The Morgan fingerprint density at radius 3 is 2.77 bits per heavy atom. The zero-order valence-electron chi connectivity index (χ0n) is 21.9. The zero-order valence-corrected chi connectivity index (χ0v) is 21.9. The molecule has 14 heteroatoms. The molecule has 3 aromatic heterocycles. The number of halogens is 2. The first-order valence-electron chi connectivity index (χ1n) is 13.2. The normalized spacial score (nSPS) is 18.4. The first-order valence-corrected chi connectivity index (χ1v) is 13.2. The van der Waals surface area contributed by atoms with E-state index in [2.05, 4.69) is 30.6 Å². The van der Waals surface area contributed by atoms with Crippen LogP contribution in [-0.4, -0.2) is 96.2 Å². The van der Waals surface area contributed by atoms with Gasteiger partial charge in [-0.15, -0.1) is 0 Å². The van der Waals surface area contributed by atoms with E-state index >= 15 is 0 Å². The van der Waals surface area contributed by atoms with E-state index < -0.39 is 11.6 Å². The number of morpholine rings is 1. The Hall–Kier alpha value is -4.01. The standard InChI is InChI=1S/C26H31F2N9O3/c27-18-12-19(28)23(40-16-17-15-38-11-4-30-17)14-21(18)36-8-6-35(7-9-36)5-3-31-26-32-24-13-20(22-2-1-10-39-22)34-37(24)25(29)33-26/h1-2,10,12-14,17,30H,3-9,11,15-16H2,(H3,29,31,32,33). The number of aromatic nitrogens is 4. The highest BCUT2D eigenvalue weighted by Crippen LogP contribution is 2.29. The quantitative estimate of drug-likeness (QED) is 0.280. The van der Waals surface area contributed by atoms with E-state index in [0.29, 0.717) is 61.6 Å². The summed E-state index contributed by atoms with van der Waals surface area (Å²) in [6.07, 6.45) is 1.58. The largest absolute Gasteiger partial charge is 0.489 e. The summed E-state index contributed by atoms with van der Waals surface area (Å²) in [7, 11) is 0. The van der Waals surface area contributed by atoms with Crippen LogP contribution in [0.15, 0.2) is 41.0 Å². The summed E-state index contributed by atoms with van der Waals surface area (Å²) in [6.45, 7) is 6.07. The third-order valence-electron chi connectivity index (χ3n) is 6.99. The molecular weight excluding hydrogens is 524 g/mol. The Kier molecular flexibility index (Phi) is 7.62. The second-order valence-corrected chi connectivity index (χ2v) is 9.71. The van der Waals surface area contributed by atoms with Crippen molar-refractivity contribution in [1.82, 2.24) is 29.8 Å². The fourth-order valence-corrected chi connectivity index (χ4v) is 4.86. The van der Waals surface area contributed by atoms with E-state index in [1.165, 1.54) is 10.6 Å². The number of benzene rings is 1. The van der Waals surface area contributed by atoms with E-state index in [0.717, 1.165) is 32.2 Å². The van der Waals surface area contributed by atoms with Gasteiger partial charge in [0.05, 0.1) is 31.2 Å². The van der Waals surface area contributed by atoms with Gasteiger partial charge in [-0.05, 0) is 12.1 Å². The van der Waals surface area contributed by atoms with Gasteiger partial charge in [-0.25, -0.2) is 8.78 Å². The minimum absolute atomic E-state index is 0.0260. The van der Waals surface area contributed by atoms with Crippen molar-refractivity contribution in [2.24, 2.45) is 0 Å². The summed E-state index contributed by atoms with van der Waals surface area (Å²) in [5, 5.41) is 10.9. The molecule has 1 atom stereocenters. The lowest BCUT2D eigenvalue weighted by atomic mass is 10.2. The molecule has 6 rings (SSSR count). The number of rotatable bonds is 9. The van der Waals surface area contributed by atoms with Gasteiger partial charge in [-0.2, -0.15) is 19.6 Å². The van der Waals surface area contributed by atoms with Crippen LogP contribution in [0.4, 0.5) is 26.4 Å². The monoisotopic (exact) mass is 555 g/mol. The van der Waals surface area contributed by atoms with E-state index in [1.807, 2.05) is 11.0 Å². The Balaban J connectivity index is 1.01. The Morgan fingerprint density at radius 2 is 2.00 bits per heavy atom. The van der Waals surface area contributed by atoms with Crippen molar-refractivity contribution in [2.45, 2.75) is 6.04 Å². The van der Waals surface area contributed by atoms with Gasteiger partial charge in [0.2, 0.25) is 11.9 Å². The molecule has 0 bridgehead atoms. The SMILES string of the molecule is Nc1nc(NCCN2CCN(c3cc(OCC4COCCN4)c(F)cc3F)CC2)nc2cc(-c3ccco3)nn12. The predicted octanol–water partition coefficient (Wildman–Crippen LogP) is 1.85. The summed E-state index contributed by atoms with van der Waals surface area (Å²) in [5.74, 6) is -0.0238. The molecule has 0 spiro atoms. The smallest absolute Gasteiger partial charge is 0.228 e. The molecule has 0 radical (unpaired) electrons. The van der Waals surface area contributed by atoms with Crippen molar-refractivity contribution < 1.29 is 22.7 Å². The number of hydrogen-bond donors (Lipinski definition) is 3. The number of fused-ring (bicyclic) bond motifs is 1. The van der Waals surface area contributed by atoms with Crippen molar-refractivity contribution in [3.05, 3.63) is 48.2 Å². The zero-order chi connectivity index (χ0) is 27.5. The number of ether oxygens (including phenoxy) is 2. The van der Waals surface area contributed by atoms with Crippen LogP contribution in [0.3, 0.4) is 0 Å². The second kappa shape index (κ2) is 11.6. The average Bonchev–Trinajstić information content (AvgIpc) is 3.65.